The lowest BCUT2D eigenvalue weighted by molar-refractivity contribution is -0.126. The van der Waals surface area contributed by atoms with Crippen LogP contribution >= 0.6 is 0 Å². The molecule has 1 amide bonds. The maximum Gasteiger partial charge on any atom is 0.237 e. The zero-order valence-corrected chi connectivity index (χ0v) is 13.9. The van der Waals surface area contributed by atoms with Gasteiger partial charge in [0, 0.05) is 39.3 Å². The van der Waals surface area contributed by atoms with Gasteiger partial charge in [0.1, 0.15) is 0 Å². The van der Waals surface area contributed by atoms with Gasteiger partial charge in [-0.05, 0) is 31.5 Å². The smallest absolute Gasteiger partial charge is 0.237 e. The average molecular weight is 319 g/mol. The topological polar surface area (TPSA) is 54.0 Å². The molecule has 1 unspecified atom stereocenters. The number of nitrogens with one attached hydrogen (secondary N) is 1. The average Bonchev–Trinajstić information content (AvgIpc) is 3.03. The van der Waals surface area contributed by atoms with Crippen LogP contribution in [-0.4, -0.2) is 61.3 Å². The van der Waals surface area contributed by atoms with Gasteiger partial charge in [0.15, 0.2) is 11.5 Å². The van der Waals surface area contributed by atoms with E-state index in [1.54, 1.807) is 0 Å². The Hall–Kier alpha value is -1.79. The van der Waals surface area contributed by atoms with E-state index >= 15 is 0 Å². The quantitative estimate of drug-likeness (QED) is 0.879. The van der Waals surface area contributed by atoms with Crippen LogP contribution in [0.15, 0.2) is 18.2 Å². The van der Waals surface area contributed by atoms with Gasteiger partial charge in [-0.25, -0.2) is 0 Å². The number of hydrogen-bond acceptors (Lipinski definition) is 5. The maximum atomic E-state index is 11.9. The second-order valence-electron chi connectivity index (χ2n) is 6.07. The fraction of sp³-hybridized carbons (Fsp3) is 0.588. The molecule has 1 atom stereocenters. The number of fused-ring (bicyclic) bond motifs is 1. The van der Waals surface area contributed by atoms with E-state index in [9.17, 15) is 4.79 Å². The number of carbonyl (C=O) groups is 1. The van der Waals surface area contributed by atoms with Crippen LogP contribution < -0.4 is 14.8 Å². The third kappa shape index (κ3) is 3.76. The second kappa shape index (κ2) is 7.19. The minimum atomic E-state index is -0.0531. The first-order valence-corrected chi connectivity index (χ1v) is 8.30. The zero-order chi connectivity index (χ0) is 16.2. The number of hydrogen-bond donors (Lipinski definition) is 1. The number of piperazine rings is 1. The summed E-state index contributed by atoms with van der Waals surface area (Å²) >= 11 is 0. The van der Waals surface area contributed by atoms with Gasteiger partial charge >= 0.3 is 0 Å². The lowest BCUT2D eigenvalue weighted by atomic mass is 10.1. The van der Waals surface area contributed by atoms with Crippen LogP contribution in [0.25, 0.3) is 0 Å². The van der Waals surface area contributed by atoms with Crippen LogP contribution in [0, 0.1) is 0 Å². The molecule has 1 saturated heterocycles. The van der Waals surface area contributed by atoms with Crippen LogP contribution in [-0.2, 0) is 11.3 Å². The number of ether oxygens (including phenoxy) is 2. The third-order valence-electron chi connectivity index (χ3n) is 4.53. The van der Waals surface area contributed by atoms with Crippen molar-refractivity contribution in [3.05, 3.63) is 23.8 Å². The fourth-order valence-electron chi connectivity index (χ4n) is 3.09. The molecule has 2 aliphatic rings. The Morgan fingerprint density at radius 3 is 2.70 bits per heavy atom. The summed E-state index contributed by atoms with van der Waals surface area (Å²) in [5.41, 5.74) is 1.24. The molecule has 0 radical (unpaired) electrons. The van der Waals surface area contributed by atoms with Gasteiger partial charge < -0.3 is 14.8 Å². The van der Waals surface area contributed by atoms with E-state index in [1.165, 1.54) is 5.56 Å². The van der Waals surface area contributed by atoms with Gasteiger partial charge in [-0.2, -0.15) is 0 Å². The summed E-state index contributed by atoms with van der Waals surface area (Å²) in [7, 11) is 0. The van der Waals surface area contributed by atoms with Gasteiger partial charge in [-0.15, -0.1) is 0 Å². The molecule has 0 aromatic heterocycles. The molecule has 1 fully saturated rings. The molecule has 23 heavy (non-hydrogen) atoms. The van der Waals surface area contributed by atoms with Crippen molar-refractivity contribution < 1.29 is 14.3 Å². The zero-order valence-electron chi connectivity index (χ0n) is 13.9. The number of amides is 1. The molecule has 3 rings (SSSR count). The highest BCUT2D eigenvalue weighted by Crippen LogP contribution is 2.32. The lowest BCUT2D eigenvalue weighted by Gasteiger charge is -2.37. The van der Waals surface area contributed by atoms with Crippen LogP contribution in [0.3, 0.4) is 0 Å². The predicted octanol–water partition coefficient (Wildman–Crippen LogP) is 1.06. The second-order valence-corrected chi connectivity index (χ2v) is 6.07. The van der Waals surface area contributed by atoms with E-state index in [0.717, 1.165) is 44.2 Å². The first kappa shape index (κ1) is 16.1. The summed E-state index contributed by atoms with van der Waals surface area (Å²) in [4.78, 5) is 16.6. The van der Waals surface area contributed by atoms with Crippen molar-refractivity contribution in [3.63, 3.8) is 0 Å². The van der Waals surface area contributed by atoms with Crippen LogP contribution in [0.4, 0.5) is 0 Å². The molecule has 2 heterocycles. The number of likely N-dealkylation sites (N-methyl/N-ethyl adjacent to an activating group) is 1. The Labute approximate surface area is 137 Å². The molecule has 6 nitrogen and oxygen atoms in total. The summed E-state index contributed by atoms with van der Waals surface area (Å²) < 4.78 is 10.8. The van der Waals surface area contributed by atoms with Crippen molar-refractivity contribution in [2.24, 2.45) is 0 Å². The molecule has 2 aliphatic heterocycles. The first-order valence-electron chi connectivity index (χ1n) is 8.30. The Morgan fingerprint density at radius 2 is 1.96 bits per heavy atom. The minimum Gasteiger partial charge on any atom is -0.454 e. The minimum absolute atomic E-state index is 0.0531. The van der Waals surface area contributed by atoms with E-state index in [2.05, 4.69) is 27.2 Å². The summed E-state index contributed by atoms with van der Waals surface area (Å²) in [5, 5.41) is 2.90. The number of rotatable bonds is 5. The van der Waals surface area contributed by atoms with E-state index in [0.29, 0.717) is 13.3 Å². The normalized spacial score (nSPS) is 19.6. The summed E-state index contributed by atoms with van der Waals surface area (Å²) in [6.45, 7) is 9.62. The van der Waals surface area contributed by atoms with Crippen molar-refractivity contribution in [1.82, 2.24) is 15.1 Å². The monoisotopic (exact) mass is 319 g/mol. The Kier molecular flexibility index (Phi) is 5.03. The standard InChI is InChI=1S/C17H25N3O3/c1-3-18-17(21)13(2)20-8-6-19(7-9-20)11-14-4-5-15-16(10-14)23-12-22-15/h4-5,10,13H,3,6-9,11-12H2,1-2H3,(H,18,21). The largest absolute Gasteiger partial charge is 0.454 e. The van der Waals surface area contributed by atoms with Crippen molar-refractivity contribution in [2.75, 3.05) is 39.5 Å². The molecule has 6 heteroatoms. The molecular weight excluding hydrogens is 294 g/mol. The van der Waals surface area contributed by atoms with E-state index in [4.69, 9.17) is 9.47 Å². The summed E-state index contributed by atoms with van der Waals surface area (Å²) in [6.07, 6.45) is 0. The third-order valence-corrected chi connectivity index (χ3v) is 4.53. The first-order chi connectivity index (χ1) is 11.2. The van der Waals surface area contributed by atoms with Gasteiger partial charge in [-0.3, -0.25) is 14.6 Å². The van der Waals surface area contributed by atoms with Gasteiger partial charge in [0.25, 0.3) is 0 Å². The SMILES string of the molecule is CCNC(=O)C(C)N1CCN(Cc2ccc3c(c2)OCO3)CC1. The highest BCUT2D eigenvalue weighted by Gasteiger charge is 2.25. The predicted molar refractivity (Wildman–Crippen MR) is 87.6 cm³/mol. The Morgan fingerprint density at radius 1 is 1.22 bits per heavy atom. The summed E-state index contributed by atoms with van der Waals surface area (Å²) in [6, 6.07) is 6.08. The van der Waals surface area contributed by atoms with Crippen LogP contribution in [0.2, 0.25) is 0 Å². The Bertz CT molecular complexity index is 556. The van der Waals surface area contributed by atoms with E-state index in [-0.39, 0.29) is 11.9 Å². The lowest BCUT2D eigenvalue weighted by Crippen LogP contribution is -2.53. The van der Waals surface area contributed by atoms with E-state index < -0.39 is 0 Å². The van der Waals surface area contributed by atoms with Crippen molar-refractivity contribution in [3.8, 4) is 11.5 Å². The molecule has 0 saturated carbocycles. The summed E-state index contributed by atoms with van der Waals surface area (Å²) in [5.74, 6) is 1.79. The van der Waals surface area contributed by atoms with Crippen molar-refractivity contribution in [1.29, 1.82) is 0 Å². The molecule has 126 valence electrons. The molecule has 1 aromatic rings. The van der Waals surface area contributed by atoms with Crippen LogP contribution in [0.1, 0.15) is 19.4 Å². The Balaban J connectivity index is 1.50. The van der Waals surface area contributed by atoms with Gasteiger partial charge in [-0.1, -0.05) is 6.07 Å². The highest BCUT2D eigenvalue weighted by molar-refractivity contribution is 5.81. The highest BCUT2D eigenvalue weighted by atomic mass is 16.7. The number of carbonyl (C=O) groups excluding carboxylic acids is 1. The molecule has 0 aliphatic carbocycles. The van der Waals surface area contributed by atoms with Gasteiger partial charge in [0.05, 0.1) is 6.04 Å². The van der Waals surface area contributed by atoms with Crippen molar-refractivity contribution >= 4 is 5.91 Å². The molecule has 1 aromatic carbocycles. The van der Waals surface area contributed by atoms with Crippen molar-refractivity contribution in [2.45, 2.75) is 26.4 Å². The fourth-order valence-corrected chi connectivity index (χ4v) is 3.09. The molecule has 0 spiro atoms. The molecule has 1 N–H and O–H groups in total. The van der Waals surface area contributed by atoms with Crippen LogP contribution in [0.5, 0.6) is 11.5 Å². The maximum absolute atomic E-state index is 11.9. The van der Waals surface area contributed by atoms with E-state index in [1.807, 2.05) is 19.9 Å². The molecule has 0 bridgehead atoms. The molecular formula is C17H25N3O3. The number of nitrogens with zero attached hydrogens (tertiary/aromatic N) is 2. The van der Waals surface area contributed by atoms with Gasteiger partial charge in [0.2, 0.25) is 12.7 Å². The number of benzene rings is 1.